The highest BCUT2D eigenvalue weighted by Gasteiger charge is 2.01. The molecule has 14 heavy (non-hydrogen) atoms. The largest absolute Gasteiger partial charge is 0.481 e. The molecule has 0 aliphatic heterocycles. The standard InChI is InChI=1S/C10H10O3S/c1-7(11)14-9-4-2-8(3-5-9)6-10(12)13/h2-5H,6H2,1H3,(H,12,13). The van der Waals surface area contributed by atoms with Gasteiger partial charge in [0.05, 0.1) is 6.42 Å². The van der Waals surface area contributed by atoms with Gasteiger partial charge in [-0.3, -0.25) is 9.59 Å². The van der Waals surface area contributed by atoms with E-state index in [0.29, 0.717) is 0 Å². The summed E-state index contributed by atoms with van der Waals surface area (Å²) in [6.07, 6.45) is 0.0189. The Labute approximate surface area is 86.1 Å². The minimum Gasteiger partial charge on any atom is -0.481 e. The zero-order valence-corrected chi connectivity index (χ0v) is 8.50. The number of hydrogen-bond acceptors (Lipinski definition) is 3. The van der Waals surface area contributed by atoms with Gasteiger partial charge in [-0.05, 0) is 17.7 Å². The van der Waals surface area contributed by atoms with E-state index in [1.807, 2.05) is 0 Å². The molecule has 0 radical (unpaired) electrons. The van der Waals surface area contributed by atoms with Crippen LogP contribution in [0.15, 0.2) is 29.2 Å². The molecular weight excluding hydrogens is 200 g/mol. The highest BCUT2D eigenvalue weighted by molar-refractivity contribution is 8.13. The highest BCUT2D eigenvalue weighted by Crippen LogP contribution is 2.18. The molecule has 4 heteroatoms. The van der Waals surface area contributed by atoms with Crippen molar-refractivity contribution >= 4 is 22.8 Å². The minimum absolute atomic E-state index is 0.0189. The van der Waals surface area contributed by atoms with Crippen LogP contribution in [0.1, 0.15) is 12.5 Å². The van der Waals surface area contributed by atoms with E-state index in [4.69, 9.17) is 5.11 Å². The van der Waals surface area contributed by atoms with Gasteiger partial charge in [-0.15, -0.1) is 0 Å². The first-order chi connectivity index (χ1) is 6.58. The van der Waals surface area contributed by atoms with Crippen molar-refractivity contribution in [3.8, 4) is 0 Å². The lowest BCUT2D eigenvalue weighted by Crippen LogP contribution is -1.99. The van der Waals surface area contributed by atoms with Crippen LogP contribution in [0.5, 0.6) is 0 Å². The summed E-state index contributed by atoms with van der Waals surface area (Å²) in [5, 5.41) is 8.55. The molecular formula is C10H10O3S. The monoisotopic (exact) mass is 210 g/mol. The van der Waals surface area contributed by atoms with Crippen LogP contribution in [0.3, 0.4) is 0 Å². The van der Waals surface area contributed by atoms with Crippen molar-refractivity contribution in [2.45, 2.75) is 18.2 Å². The van der Waals surface area contributed by atoms with Crippen molar-refractivity contribution in [2.75, 3.05) is 0 Å². The van der Waals surface area contributed by atoms with Gasteiger partial charge < -0.3 is 5.11 Å². The summed E-state index contributed by atoms with van der Waals surface area (Å²) in [6, 6.07) is 6.95. The van der Waals surface area contributed by atoms with Crippen LogP contribution in [0, 0.1) is 0 Å². The average molecular weight is 210 g/mol. The van der Waals surface area contributed by atoms with Crippen molar-refractivity contribution < 1.29 is 14.7 Å². The third-order valence-corrected chi connectivity index (χ3v) is 2.34. The van der Waals surface area contributed by atoms with E-state index in [0.717, 1.165) is 22.2 Å². The summed E-state index contributed by atoms with van der Waals surface area (Å²) in [4.78, 5) is 22.0. The molecule has 0 saturated carbocycles. The Hall–Kier alpha value is -1.29. The number of thioether (sulfide) groups is 1. The predicted octanol–water partition coefficient (Wildman–Crippen LogP) is 1.95. The summed E-state index contributed by atoms with van der Waals surface area (Å²) < 4.78 is 0. The van der Waals surface area contributed by atoms with E-state index >= 15 is 0 Å². The maximum absolute atomic E-state index is 10.7. The summed E-state index contributed by atoms with van der Waals surface area (Å²) in [5.74, 6) is -0.850. The third-order valence-electron chi connectivity index (χ3n) is 1.54. The third kappa shape index (κ3) is 3.62. The second-order valence-corrected chi connectivity index (χ2v) is 4.06. The molecule has 0 bridgehead atoms. The van der Waals surface area contributed by atoms with Gasteiger partial charge in [0.15, 0.2) is 5.12 Å². The average Bonchev–Trinajstić information content (AvgIpc) is 2.06. The molecule has 1 aromatic rings. The Morgan fingerprint density at radius 3 is 2.29 bits per heavy atom. The summed E-state index contributed by atoms with van der Waals surface area (Å²) in [6.45, 7) is 1.50. The van der Waals surface area contributed by atoms with Crippen LogP contribution in [0.4, 0.5) is 0 Å². The molecule has 1 rings (SSSR count). The van der Waals surface area contributed by atoms with E-state index in [2.05, 4.69) is 0 Å². The Kier molecular flexibility index (Phi) is 3.71. The summed E-state index contributed by atoms with van der Waals surface area (Å²) in [5.41, 5.74) is 0.741. The Bertz CT molecular complexity index is 308. The van der Waals surface area contributed by atoms with Gasteiger partial charge >= 0.3 is 5.97 Å². The fourth-order valence-electron chi connectivity index (χ4n) is 1.02. The molecule has 0 saturated heterocycles. The van der Waals surface area contributed by atoms with Crippen molar-refractivity contribution in [3.05, 3.63) is 29.8 Å². The molecule has 1 N–H and O–H groups in total. The quantitative estimate of drug-likeness (QED) is 0.775. The number of hydrogen-bond donors (Lipinski definition) is 1. The van der Waals surface area contributed by atoms with E-state index in [-0.39, 0.29) is 11.5 Å². The molecule has 0 aromatic heterocycles. The first-order valence-corrected chi connectivity index (χ1v) is 4.89. The Morgan fingerprint density at radius 1 is 1.29 bits per heavy atom. The number of carboxylic acid groups (broad SMARTS) is 1. The van der Waals surface area contributed by atoms with Crippen molar-refractivity contribution in [1.29, 1.82) is 0 Å². The topological polar surface area (TPSA) is 54.4 Å². The minimum atomic E-state index is -0.850. The van der Waals surface area contributed by atoms with E-state index < -0.39 is 5.97 Å². The van der Waals surface area contributed by atoms with E-state index in [1.165, 1.54) is 6.92 Å². The fourth-order valence-corrected chi connectivity index (χ4v) is 1.62. The van der Waals surface area contributed by atoms with Crippen LogP contribution < -0.4 is 0 Å². The van der Waals surface area contributed by atoms with Gasteiger partial charge in [0, 0.05) is 11.8 Å². The van der Waals surface area contributed by atoms with Crippen molar-refractivity contribution in [3.63, 3.8) is 0 Å². The smallest absolute Gasteiger partial charge is 0.307 e. The van der Waals surface area contributed by atoms with Gasteiger partial charge in [-0.1, -0.05) is 23.9 Å². The first-order valence-electron chi connectivity index (χ1n) is 4.07. The van der Waals surface area contributed by atoms with Gasteiger partial charge in [0.1, 0.15) is 0 Å². The Balaban J connectivity index is 2.68. The predicted molar refractivity (Wildman–Crippen MR) is 54.3 cm³/mol. The molecule has 0 unspecified atom stereocenters. The number of carbonyl (C=O) groups is 2. The summed E-state index contributed by atoms with van der Waals surface area (Å²) >= 11 is 1.14. The lowest BCUT2D eigenvalue weighted by atomic mass is 10.2. The van der Waals surface area contributed by atoms with Gasteiger partial charge in [0.2, 0.25) is 0 Å². The SMILES string of the molecule is CC(=O)Sc1ccc(CC(=O)O)cc1. The van der Waals surface area contributed by atoms with Gasteiger partial charge in [-0.25, -0.2) is 0 Å². The maximum atomic E-state index is 10.7. The maximum Gasteiger partial charge on any atom is 0.307 e. The number of aliphatic carboxylic acids is 1. The van der Waals surface area contributed by atoms with Crippen LogP contribution in [-0.2, 0) is 16.0 Å². The highest BCUT2D eigenvalue weighted by atomic mass is 32.2. The molecule has 1 aromatic carbocycles. The molecule has 0 fully saturated rings. The second kappa shape index (κ2) is 4.81. The molecule has 0 atom stereocenters. The zero-order valence-electron chi connectivity index (χ0n) is 7.69. The fraction of sp³-hybridized carbons (Fsp3) is 0.200. The van der Waals surface area contributed by atoms with E-state index in [1.54, 1.807) is 24.3 Å². The molecule has 0 spiro atoms. The van der Waals surface area contributed by atoms with Gasteiger partial charge in [-0.2, -0.15) is 0 Å². The van der Waals surface area contributed by atoms with Crippen LogP contribution >= 0.6 is 11.8 Å². The molecule has 0 heterocycles. The van der Waals surface area contributed by atoms with Crippen LogP contribution in [-0.4, -0.2) is 16.2 Å². The normalized spacial score (nSPS) is 9.79. The number of carbonyl (C=O) groups excluding carboxylic acids is 1. The molecule has 0 amide bonds. The van der Waals surface area contributed by atoms with Crippen LogP contribution in [0.2, 0.25) is 0 Å². The van der Waals surface area contributed by atoms with Crippen molar-refractivity contribution in [2.24, 2.45) is 0 Å². The number of benzene rings is 1. The Morgan fingerprint density at radius 2 is 1.86 bits per heavy atom. The molecule has 74 valence electrons. The van der Waals surface area contributed by atoms with E-state index in [9.17, 15) is 9.59 Å². The molecule has 0 aliphatic rings. The van der Waals surface area contributed by atoms with Crippen LogP contribution in [0.25, 0.3) is 0 Å². The number of rotatable bonds is 3. The van der Waals surface area contributed by atoms with Gasteiger partial charge in [0.25, 0.3) is 0 Å². The molecule has 0 aliphatic carbocycles. The lowest BCUT2D eigenvalue weighted by molar-refractivity contribution is -0.136. The zero-order chi connectivity index (χ0) is 10.6. The molecule has 3 nitrogen and oxygen atoms in total. The summed E-state index contributed by atoms with van der Waals surface area (Å²) in [7, 11) is 0. The second-order valence-electron chi connectivity index (χ2n) is 2.81. The number of carboxylic acids is 1. The lowest BCUT2D eigenvalue weighted by Gasteiger charge is -1.99. The first kappa shape index (κ1) is 10.8. The van der Waals surface area contributed by atoms with Crippen molar-refractivity contribution in [1.82, 2.24) is 0 Å².